The Labute approximate surface area is 166 Å². The number of halogens is 3. The highest BCUT2D eigenvalue weighted by molar-refractivity contribution is 6.08. The predicted molar refractivity (Wildman–Crippen MR) is 101 cm³/mol. The van der Waals surface area contributed by atoms with E-state index in [0.29, 0.717) is 23.2 Å². The molecule has 5 nitrogen and oxygen atoms in total. The summed E-state index contributed by atoms with van der Waals surface area (Å²) in [6, 6.07) is 11.6. The number of nitrogens with one attached hydrogen (secondary N) is 1. The molecule has 1 fully saturated rings. The molecule has 2 aromatic rings. The molecule has 2 amide bonds. The first kappa shape index (κ1) is 20.9. The summed E-state index contributed by atoms with van der Waals surface area (Å²) < 4.78 is 39.3. The molecule has 0 bridgehead atoms. The van der Waals surface area contributed by atoms with Gasteiger partial charge in [0.15, 0.2) is 0 Å². The summed E-state index contributed by atoms with van der Waals surface area (Å²) in [5.74, 6) is -2.85. The molecule has 0 spiro atoms. The van der Waals surface area contributed by atoms with Crippen LogP contribution in [0, 0.1) is 5.92 Å². The lowest BCUT2D eigenvalue weighted by molar-refractivity contribution is -0.137. The number of carbonyl (C=O) groups is 2. The Hall–Kier alpha value is -2.87. The lowest BCUT2D eigenvalue weighted by Gasteiger charge is -2.19. The van der Waals surface area contributed by atoms with Crippen molar-refractivity contribution in [3.05, 3.63) is 65.2 Å². The fourth-order valence-corrected chi connectivity index (χ4v) is 3.63. The number of likely N-dealkylation sites (N-methyl/N-ethyl adjacent to an activating group) is 1. The van der Waals surface area contributed by atoms with E-state index in [1.807, 2.05) is 0 Å². The first-order chi connectivity index (χ1) is 13.7. The molecule has 1 heterocycles. The first-order valence-corrected chi connectivity index (χ1v) is 9.14. The van der Waals surface area contributed by atoms with Crippen molar-refractivity contribution in [2.45, 2.75) is 18.5 Å². The van der Waals surface area contributed by atoms with Crippen LogP contribution in [-0.4, -0.2) is 42.0 Å². The number of aliphatic hydroxyl groups is 1. The van der Waals surface area contributed by atoms with Gasteiger partial charge < -0.3 is 15.3 Å². The van der Waals surface area contributed by atoms with E-state index in [4.69, 9.17) is 0 Å². The van der Waals surface area contributed by atoms with E-state index in [1.165, 1.54) is 24.1 Å². The zero-order valence-corrected chi connectivity index (χ0v) is 15.7. The Kier molecular flexibility index (Phi) is 5.93. The van der Waals surface area contributed by atoms with Gasteiger partial charge in [0, 0.05) is 31.8 Å². The lowest BCUT2D eigenvalue weighted by Crippen LogP contribution is -2.33. The third-order valence-electron chi connectivity index (χ3n) is 5.10. The number of hydrogen-bond acceptors (Lipinski definition) is 3. The van der Waals surface area contributed by atoms with Gasteiger partial charge in [-0.2, -0.15) is 13.2 Å². The molecule has 8 heteroatoms. The largest absolute Gasteiger partial charge is 0.416 e. The lowest BCUT2D eigenvalue weighted by atomic mass is 9.87. The van der Waals surface area contributed by atoms with Crippen LogP contribution in [-0.2, 0) is 22.2 Å². The highest BCUT2D eigenvalue weighted by Crippen LogP contribution is 2.37. The van der Waals surface area contributed by atoms with E-state index in [0.717, 1.165) is 12.1 Å². The van der Waals surface area contributed by atoms with Gasteiger partial charge in [-0.25, -0.2) is 0 Å². The zero-order valence-electron chi connectivity index (χ0n) is 15.7. The van der Waals surface area contributed by atoms with Crippen molar-refractivity contribution in [1.29, 1.82) is 0 Å². The van der Waals surface area contributed by atoms with E-state index in [-0.39, 0.29) is 13.2 Å². The third-order valence-corrected chi connectivity index (χ3v) is 5.10. The number of anilines is 1. The Bertz CT molecular complexity index is 914. The number of para-hydroxylation sites is 1. The molecule has 0 aliphatic carbocycles. The Morgan fingerprint density at radius 3 is 2.62 bits per heavy atom. The molecule has 0 unspecified atom stereocenters. The van der Waals surface area contributed by atoms with Crippen LogP contribution in [0.5, 0.6) is 0 Å². The number of likely N-dealkylation sites (tertiary alicyclic amines) is 1. The van der Waals surface area contributed by atoms with Gasteiger partial charge in [0.2, 0.25) is 11.8 Å². The van der Waals surface area contributed by atoms with Crippen LogP contribution >= 0.6 is 0 Å². The standard InChI is InChI=1S/C21H21F3N2O3/c1-26-12-16(14-6-4-7-15(11-14)21(22,23)24)18(20(26)29)19(28)25-17-8-3-2-5-13(17)9-10-27/h2-8,11,16,18,27H,9-10,12H2,1H3,(H,25,28)/t16-,18+/m1/s1. The molecule has 0 aromatic heterocycles. The van der Waals surface area contributed by atoms with Gasteiger partial charge in [0.1, 0.15) is 5.92 Å². The van der Waals surface area contributed by atoms with Crippen molar-refractivity contribution < 1.29 is 27.9 Å². The Morgan fingerprint density at radius 2 is 1.93 bits per heavy atom. The number of amides is 2. The summed E-state index contributed by atoms with van der Waals surface area (Å²) in [4.78, 5) is 26.9. The van der Waals surface area contributed by atoms with Gasteiger partial charge in [-0.15, -0.1) is 0 Å². The number of aliphatic hydroxyl groups excluding tert-OH is 1. The molecule has 0 saturated carbocycles. The van der Waals surface area contributed by atoms with Gasteiger partial charge in [0.25, 0.3) is 0 Å². The number of alkyl halides is 3. The molecule has 2 aromatic carbocycles. The normalized spacial score (nSPS) is 19.5. The minimum atomic E-state index is -4.51. The van der Waals surface area contributed by atoms with Gasteiger partial charge in [0.05, 0.1) is 5.56 Å². The number of hydrogen-bond donors (Lipinski definition) is 2. The number of benzene rings is 2. The summed E-state index contributed by atoms with van der Waals surface area (Å²) in [6.45, 7) is 0.0430. The molecule has 1 aliphatic rings. The summed E-state index contributed by atoms with van der Waals surface area (Å²) in [5, 5.41) is 11.9. The SMILES string of the molecule is CN1C[C@H](c2cccc(C(F)(F)F)c2)[C@@H](C(=O)Nc2ccccc2CCO)C1=O. The Balaban J connectivity index is 1.90. The maximum Gasteiger partial charge on any atom is 0.416 e. The highest BCUT2D eigenvalue weighted by atomic mass is 19.4. The van der Waals surface area contributed by atoms with Crippen LogP contribution in [0.2, 0.25) is 0 Å². The van der Waals surface area contributed by atoms with E-state index in [9.17, 15) is 27.9 Å². The van der Waals surface area contributed by atoms with Crippen LogP contribution in [0.1, 0.15) is 22.6 Å². The topological polar surface area (TPSA) is 69.6 Å². The van der Waals surface area contributed by atoms with Gasteiger partial charge in [-0.1, -0.05) is 36.4 Å². The molecule has 29 heavy (non-hydrogen) atoms. The van der Waals surface area contributed by atoms with E-state index in [2.05, 4.69) is 5.32 Å². The molecule has 154 valence electrons. The molecule has 1 saturated heterocycles. The number of nitrogens with zero attached hydrogens (tertiary/aromatic N) is 1. The summed E-state index contributed by atoms with van der Waals surface area (Å²) in [6.07, 6.45) is -4.18. The maximum atomic E-state index is 13.1. The summed E-state index contributed by atoms with van der Waals surface area (Å²) in [5.41, 5.74) is 0.653. The van der Waals surface area contributed by atoms with E-state index < -0.39 is 35.4 Å². The molecule has 0 radical (unpaired) electrons. The summed E-state index contributed by atoms with van der Waals surface area (Å²) >= 11 is 0. The van der Waals surface area contributed by atoms with Crippen LogP contribution in [0.15, 0.2) is 48.5 Å². The predicted octanol–water partition coefficient (Wildman–Crippen LogP) is 3.05. The third kappa shape index (κ3) is 4.42. The van der Waals surface area contributed by atoms with Gasteiger partial charge in [-0.05, 0) is 29.7 Å². The van der Waals surface area contributed by atoms with Crippen molar-refractivity contribution in [3.8, 4) is 0 Å². The second-order valence-corrected chi connectivity index (χ2v) is 7.05. The van der Waals surface area contributed by atoms with Crippen molar-refractivity contribution in [2.75, 3.05) is 25.5 Å². The molecular formula is C21H21F3N2O3. The fraction of sp³-hybridized carbons (Fsp3) is 0.333. The van der Waals surface area contributed by atoms with Crippen LogP contribution in [0.4, 0.5) is 18.9 Å². The van der Waals surface area contributed by atoms with E-state index >= 15 is 0 Å². The summed E-state index contributed by atoms with van der Waals surface area (Å²) in [7, 11) is 1.52. The molecule has 2 atom stereocenters. The van der Waals surface area contributed by atoms with Crippen molar-refractivity contribution in [3.63, 3.8) is 0 Å². The first-order valence-electron chi connectivity index (χ1n) is 9.14. The van der Waals surface area contributed by atoms with Crippen molar-refractivity contribution in [2.24, 2.45) is 5.92 Å². The quantitative estimate of drug-likeness (QED) is 0.750. The molecule has 3 rings (SSSR count). The smallest absolute Gasteiger partial charge is 0.396 e. The van der Waals surface area contributed by atoms with E-state index in [1.54, 1.807) is 24.3 Å². The zero-order chi connectivity index (χ0) is 21.2. The molecular weight excluding hydrogens is 385 g/mol. The van der Waals surface area contributed by atoms with Crippen LogP contribution < -0.4 is 5.32 Å². The average Bonchev–Trinajstić information content (AvgIpc) is 2.98. The van der Waals surface area contributed by atoms with Gasteiger partial charge in [-0.3, -0.25) is 9.59 Å². The van der Waals surface area contributed by atoms with Gasteiger partial charge >= 0.3 is 6.18 Å². The minimum absolute atomic E-state index is 0.106. The monoisotopic (exact) mass is 406 g/mol. The Morgan fingerprint density at radius 1 is 1.21 bits per heavy atom. The number of carbonyl (C=O) groups excluding carboxylic acids is 2. The second kappa shape index (κ2) is 8.24. The minimum Gasteiger partial charge on any atom is -0.396 e. The maximum absolute atomic E-state index is 13.1. The van der Waals surface area contributed by atoms with Crippen LogP contribution in [0.25, 0.3) is 0 Å². The highest BCUT2D eigenvalue weighted by Gasteiger charge is 2.45. The van der Waals surface area contributed by atoms with Crippen molar-refractivity contribution >= 4 is 17.5 Å². The second-order valence-electron chi connectivity index (χ2n) is 7.05. The molecule has 2 N–H and O–H groups in total. The average molecular weight is 406 g/mol. The van der Waals surface area contributed by atoms with Crippen molar-refractivity contribution in [1.82, 2.24) is 4.90 Å². The fourth-order valence-electron chi connectivity index (χ4n) is 3.63. The molecule has 1 aliphatic heterocycles. The van der Waals surface area contributed by atoms with Crippen LogP contribution in [0.3, 0.4) is 0 Å². The number of rotatable bonds is 5.